The highest BCUT2D eigenvalue weighted by Gasteiger charge is 2.28. The van der Waals surface area contributed by atoms with Gasteiger partial charge in [0.25, 0.3) is 0 Å². The Hall–Kier alpha value is -1.40. The lowest BCUT2D eigenvalue weighted by atomic mass is 10.1. The number of ketones is 1. The maximum atomic E-state index is 11.8. The smallest absolute Gasteiger partial charge is 0.183 e. The molecule has 5 nitrogen and oxygen atoms in total. The fraction of sp³-hybridized carbons (Fsp3) is 0.300. The number of hydrogen-bond donors (Lipinski definition) is 2. The zero-order valence-electron chi connectivity index (χ0n) is 8.75. The number of nitrogens with two attached hydrogens (primary N) is 1. The highest BCUT2D eigenvalue weighted by Crippen LogP contribution is 2.12. The summed E-state index contributed by atoms with van der Waals surface area (Å²) >= 11 is 0. The van der Waals surface area contributed by atoms with Gasteiger partial charge in [0, 0.05) is 17.5 Å². The Morgan fingerprint density at radius 1 is 1.50 bits per heavy atom. The fourth-order valence-electron chi connectivity index (χ4n) is 1.29. The number of anilines is 1. The van der Waals surface area contributed by atoms with Gasteiger partial charge in [0.2, 0.25) is 0 Å². The molecule has 1 aromatic carbocycles. The van der Waals surface area contributed by atoms with Crippen molar-refractivity contribution in [1.29, 1.82) is 0 Å². The van der Waals surface area contributed by atoms with Crippen LogP contribution in [0, 0.1) is 0 Å². The molecular formula is C10H13NO4S. The topological polar surface area (TPSA) is 97.5 Å². The minimum absolute atomic E-state index is 0.185. The van der Waals surface area contributed by atoms with E-state index in [2.05, 4.69) is 0 Å². The molecule has 0 heterocycles. The van der Waals surface area contributed by atoms with Crippen molar-refractivity contribution >= 4 is 21.3 Å². The molecule has 0 saturated carbocycles. The maximum Gasteiger partial charge on any atom is 0.183 e. The largest absolute Gasteiger partial charge is 0.399 e. The number of aliphatic hydroxyl groups is 1. The number of rotatable bonds is 4. The van der Waals surface area contributed by atoms with E-state index in [1.54, 1.807) is 12.1 Å². The van der Waals surface area contributed by atoms with E-state index in [9.17, 15) is 13.2 Å². The van der Waals surface area contributed by atoms with Crippen molar-refractivity contribution in [3.05, 3.63) is 29.8 Å². The van der Waals surface area contributed by atoms with E-state index >= 15 is 0 Å². The molecule has 0 aromatic heterocycles. The van der Waals surface area contributed by atoms with Crippen molar-refractivity contribution in [3.8, 4) is 0 Å². The number of carbonyl (C=O) groups excluding carboxylic acids is 1. The van der Waals surface area contributed by atoms with Gasteiger partial charge in [0.05, 0.1) is 6.61 Å². The van der Waals surface area contributed by atoms with Gasteiger partial charge in [-0.05, 0) is 12.1 Å². The molecule has 6 heteroatoms. The lowest BCUT2D eigenvalue weighted by Crippen LogP contribution is -2.33. The molecule has 16 heavy (non-hydrogen) atoms. The second-order valence-electron chi connectivity index (χ2n) is 3.49. The standard InChI is InChI=1S/C10H13NO4S/c1-16(14,15)9(6-12)10(13)7-3-2-4-8(11)5-7/h2-5,9,12H,6,11H2,1H3. The Morgan fingerprint density at radius 3 is 2.56 bits per heavy atom. The minimum Gasteiger partial charge on any atom is -0.399 e. The third kappa shape index (κ3) is 2.80. The zero-order chi connectivity index (χ0) is 12.3. The summed E-state index contributed by atoms with van der Waals surface area (Å²) in [6.45, 7) is -0.730. The number of Topliss-reactive ketones (excluding diaryl/α,β-unsaturated/α-hetero) is 1. The number of aliphatic hydroxyl groups excluding tert-OH is 1. The van der Waals surface area contributed by atoms with Crippen molar-refractivity contribution in [2.75, 3.05) is 18.6 Å². The Balaban J connectivity index is 3.11. The number of carbonyl (C=O) groups is 1. The van der Waals surface area contributed by atoms with Gasteiger partial charge < -0.3 is 10.8 Å². The Bertz CT molecular complexity index is 495. The average Bonchev–Trinajstić information content (AvgIpc) is 2.16. The van der Waals surface area contributed by atoms with Crippen LogP contribution >= 0.6 is 0 Å². The van der Waals surface area contributed by atoms with Crippen LogP contribution in [0.5, 0.6) is 0 Å². The zero-order valence-corrected chi connectivity index (χ0v) is 9.57. The van der Waals surface area contributed by atoms with Crippen molar-refractivity contribution in [2.24, 2.45) is 0 Å². The molecular weight excluding hydrogens is 230 g/mol. The van der Waals surface area contributed by atoms with Gasteiger partial charge in [0.15, 0.2) is 15.6 Å². The van der Waals surface area contributed by atoms with Crippen molar-refractivity contribution in [3.63, 3.8) is 0 Å². The van der Waals surface area contributed by atoms with Crippen LogP contribution in [0.1, 0.15) is 10.4 Å². The molecule has 3 N–H and O–H groups in total. The summed E-state index contributed by atoms with van der Waals surface area (Å²) in [7, 11) is -3.62. The first-order valence-electron chi connectivity index (χ1n) is 4.55. The quantitative estimate of drug-likeness (QED) is 0.566. The lowest BCUT2D eigenvalue weighted by Gasteiger charge is -2.11. The highest BCUT2D eigenvalue weighted by atomic mass is 32.2. The Labute approximate surface area is 93.8 Å². The van der Waals surface area contributed by atoms with Crippen LogP contribution < -0.4 is 5.73 Å². The van der Waals surface area contributed by atoms with Gasteiger partial charge >= 0.3 is 0 Å². The van der Waals surface area contributed by atoms with Gasteiger partial charge in [-0.3, -0.25) is 4.79 Å². The first kappa shape index (κ1) is 12.7. The van der Waals surface area contributed by atoms with E-state index in [0.717, 1.165) is 6.26 Å². The third-order valence-corrected chi connectivity index (χ3v) is 3.54. The van der Waals surface area contributed by atoms with Gasteiger partial charge in [-0.2, -0.15) is 0 Å². The summed E-state index contributed by atoms with van der Waals surface area (Å²) in [5.74, 6) is -0.641. The summed E-state index contributed by atoms with van der Waals surface area (Å²) in [6.07, 6.45) is 0.915. The van der Waals surface area contributed by atoms with Crippen LogP contribution in [0.3, 0.4) is 0 Å². The van der Waals surface area contributed by atoms with E-state index in [0.29, 0.717) is 5.69 Å². The molecule has 0 spiro atoms. The molecule has 0 bridgehead atoms. The molecule has 1 atom stereocenters. The van der Waals surface area contributed by atoms with Gasteiger partial charge in [-0.15, -0.1) is 0 Å². The lowest BCUT2D eigenvalue weighted by molar-refractivity contribution is 0.0962. The van der Waals surface area contributed by atoms with Crippen LogP contribution in [-0.4, -0.2) is 37.4 Å². The number of hydrogen-bond acceptors (Lipinski definition) is 5. The number of benzene rings is 1. The Kier molecular flexibility index (Phi) is 3.66. The third-order valence-electron chi connectivity index (χ3n) is 2.15. The van der Waals surface area contributed by atoms with Crippen molar-refractivity contribution < 1.29 is 18.3 Å². The SMILES string of the molecule is CS(=O)(=O)C(CO)C(=O)c1cccc(N)c1. The Morgan fingerprint density at radius 2 is 2.12 bits per heavy atom. The molecule has 1 unspecified atom stereocenters. The minimum atomic E-state index is -3.62. The van der Waals surface area contributed by atoms with E-state index in [-0.39, 0.29) is 5.56 Å². The first-order valence-corrected chi connectivity index (χ1v) is 6.51. The summed E-state index contributed by atoms with van der Waals surface area (Å²) in [5, 5.41) is 7.51. The molecule has 0 radical (unpaired) electrons. The molecule has 0 fully saturated rings. The van der Waals surface area contributed by atoms with E-state index < -0.39 is 27.5 Å². The highest BCUT2D eigenvalue weighted by molar-refractivity contribution is 7.92. The van der Waals surface area contributed by atoms with Crippen molar-refractivity contribution in [2.45, 2.75) is 5.25 Å². The average molecular weight is 243 g/mol. The molecule has 0 aliphatic rings. The second-order valence-corrected chi connectivity index (χ2v) is 5.72. The van der Waals surface area contributed by atoms with Crippen LogP contribution in [0.15, 0.2) is 24.3 Å². The number of sulfone groups is 1. The molecule has 0 amide bonds. The van der Waals surface area contributed by atoms with Crippen LogP contribution in [0.4, 0.5) is 5.69 Å². The summed E-state index contributed by atoms with van der Waals surface area (Å²) in [4.78, 5) is 11.8. The van der Waals surface area contributed by atoms with Gasteiger partial charge in [0.1, 0.15) is 5.25 Å². The van der Waals surface area contributed by atoms with E-state index in [1.165, 1.54) is 12.1 Å². The normalized spacial score (nSPS) is 13.4. The molecule has 1 aromatic rings. The number of nitrogen functional groups attached to an aromatic ring is 1. The molecule has 1 rings (SSSR count). The first-order chi connectivity index (χ1) is 7.36. The molecule has 0 aliphatic heterocycles. The van der Waals surface area contributed by atoms with Crippen molar-refractivity contribution in [1.82, 2.24) is 0 Å². The van der Waals surface area contributed by atoms with Gasteiger partial charge in [-0.25, -0.2) is 8.42 Å². The predicted molar refractivity (Wildman–Crippen MR) is 60.9 cm³/mol. The summed E-state index contributed by atoms with van der Waals surface area (Å²) < 4.78 is 22.5. The summed E-state index contributed by atoms with van der Waals surface area (Å²) in [5.41, 5.74) is 6.04. The summed E-state index contributed by atoms with van der Waals surface area (Å²) in [6, 6.07) is 5.99. The fourth-order valence-corrected chi connectivity index (χ4v) is 2.09. The molecule has 0 saturated heterocycles. The monoisotopic (exact) mass is 243 g/mol. The maximum absolute atomic E-state index is 11.8. The second kappa shape index (κ2) is 4.63. The molecule has 0 aliphatic carbocycles. The van der Waals surface area contributed by atoms with Crippen LogP contribution in [-0.2, 0) is 9.84 Å². The molecule has 88 valence electrons. The van der Waals surface area contributed by atoms with Crippen LogP contribution in [0.2, 0.25) is 0 Å². The van der Waals surface area contributed by atoms with Crippen LogP contribution in [0.25, 0.3) is 0 Å². The van der Waals surface area contributed by atoms with Gasteiger partial charge in [-0.1, -0.05) is 12.1 Å². The van der Waals surface area contributed by atoms with E-state index in [4.69, 9.17) is 10.8 Å². The predicted octanol–water partition coefficient (Wildman–Crippen LogP) is -0.143. The van der Waals surface area contributed by atoms with E-state index in [1.807, 2.05) is 0 Å².